The van der Waals surface area contributed by atoms with Crippen LogP contribution >= 0.6 is 0 Å². The Morgan fingerprint density at radius 3 is 2.56 bits per heavy atom. The van der Waals surface area contributed by atoms with Crippen molar-refractivity contribution in [3.8, 4) is 0 Å². The van der Waals surface area contributed by atoms with Crippen molar-refractivity contribution >= 4 is 5.91 Å². The summed E-state index contributed by atoms with van der Waals surface area (Å²) in [6.07, 6.45) is 5.38. The largest absolute Gasteiger partial charge is 0.378 e. The maximum absolute atomic E-state index is 12.0. The Morgan fingerprint density at radius 1 is 1.22 bits per heavy atom. The number of hydrogen-bond acceptors (Lipinski definition) is 3. The summed E-state index contributed by atoms with van der Waals surface area (Å²) in [6, 6.07) is 0. The fraction of sp³-hybridized carbons (Fsp3) is 0.929. The lowest BCUT2D eigenvalue weighted by atomic mass is 9.99. The van der Waals surface area contributed by atoms with Crippen molar-refractivity contribution in [2.75, 3.05) is 32.8 Å². The third-order valence-corrected chi connectivity index (χ3v) is 4.09. The molecule has 2 heterocycles. The minimum atomic E-state index is 0.274. The summed E-state index contributed by atoms with van der Waals surface area (Å²) >= 11 is 0. The number of nitrogens with zero attached hydrogens (tertiary/aromatic N) is 1. The van der Waals surface area contributed by atoms with E-state index in [4.69, 9.17) is 4.74 Å². The molecule has 2 rings (SSSR count). The normalized spacial score (nSPS) is 23.3. The Balaban J connectivity index is 1.59. The maximum atomic E-state index is 12.0. The second kappa shape index (κ2) is 7.10. The molecule has 0 aliphatic carbocycles. The van der Waals surface area contributed by atoms with E-state index in [2.05, 4.69) is 12.2 Å². The third kappa shape index (κ3) is 4.25. The molecule has 18 heavy (non-hydrogen) atoms. The zero-order valence-electron chi connectivity index (χ0n) is 11.5. The second-order valence-corrected chi connectivity index (χ2v) is 5.63. The van der Waals surface area contributed by atoms with Crippen LogP contribution in [-0.4, -0.2) is 49.7 Å². The van der Waals surface area contributed by atoms with E-state index in [1.807, 2.05) is 4.90 Å². The van der Waals surface area contributed by atoms with Gasteiger partial charge in [0.1, 0.15) is 0 Å². The number of carbonyl (C=O) groups excluding carboxylic acids is 1. The third-order valence-electron chi connectivity index (χ3n) is 4.09. The lowest BCUT2D eigenvalue weighted by Gasteiger charge is -2.30. The zero-order valence-corrected chi connectivity index (χ0v) is 11.5. The standard InChI is InChI=1S/C14H26N2O2/c1-12-4-9-16(10-5-12)14(17)6-11-18-13-2-7-15-8-3-13/h12-13,15H,2-11H2,1H3. The van der Waals surface area contributed by atoms with Gasteiger partial charge < -0.3 is 15.0 Å². The smallest absolute Gasteiger partial charge is 0.224 e. The SMILES string of the molecule is CC1CCN(C(=O)CCOC2CCNCC2)CC1. The minimum Gasteiger partial charge on any atom is -0.378 e. The van der Waals surface area contributed by atoms with Gasteiger partial charge in [0.2, 0.25) is 5.91 Å². The molecular weight excluding hydrogens is 228 g/mol. The van der Waals surface area contributed by atoms with Crippen LogP contribution in [0.3, 0.4) is 0 Å². The fourth-order valence-corrected chi connectivity index (χ4v) is 2.69. The van der Waals surface area contributed by atoms with Gasteiger partial charge in [-0.25, -0.2) is 0 Å². The van der Waals surface area contributed by atoms with Crippen LogP contribution in [0, 0.1) is 5.92 Å². The highest BCUT2D eigenvalue weighted by molar-refractivity contribution is 5.76. The number of piperidine rings is 2. The van der Waals surface area contributed by atoms with Gasteiger partial charge in [-0.3, -0.25) is 4.79 Å². The molecule has 104 valence electrons. The Labute approximate surface area is 110 Å². The molecular formula is C14H26N2O2. The Hall–Kier alpha value is -0.610. The first-order chi connectivity index (χ1) is 8.75. The van der Waals surface area contributed by atoms with E-state index in [-0.39, 0.29) is 5.91 Å². The summed E-state index contributed by atoms with van der Waals surface area (Å²) in [4.78, 5) is 14.0. The predicted octanol–water partition coefficient (Wildman–Crippen LogP) is 1.40. The van der Waals surface area contributed by atoms with Gasteiger partial charge in [-0.1, -0.05) is 6.92 Å². The van der Waals surface area contributed by atoms with Crippen LogP contribution in [0.1, 0.15) is 39.0 Å². The molecule has 2 saturated heterocycles. The average molecular weight is 254 g/mol. The summed E-state index contributed by atoms with van der Waals surface area (Å²) in [6.45, 7) is 6.82. The highest BCUT2D eigenvalue weighted by Crippen LogP contribution is 2.16. The van der Waals surface area contributed by atoms with E-state index in [1.54, 1.807) is 0 Å². The number of nitrogens with one attached hydrogen (secondary N) is 1. The molecule has 1 amide bonds. The quantitative estimate of drug-likeness (QED) is 0.824. The summed E-state index contributed by atoms with van der Waals surface area (Å²) in [5, 5.41) is 3.31. The second-order valence-electron chi connectivity index (χ2n) is 5.63. The van der Waals surface area contributed by atoms with E-state index in [0.717, 1.165) is 57.8 Å². The van der Waals surface area contributed by atoms with Crippen molar-refractivity contribution in [3.05, 3.63) is 0 Å². The molecule has 2 fully saturated rings. The number of hydrogen-bond donors (Lipinski definition) is 1. The highest BCUT2D eigenvalue weighted by Gasteiger charge is 2.20. The Kier molecular flexibility index (Phi) is 5.45. The molecule has 0 atom stereocenters. The van der Waals surface area contributed by atoms with Crippen LogP contribution in [0.5, 0.6) is 0 Å². The summed E-state index contributed by atoms with van der Waals surface area (Å²) in [5.41, 5.74) is 0. The topological polar surface area (TPSA) is 41.6 Å². The van der Waals surface area contributed by atoms with Gasteiger partial charge in [0.05, 0.1) is 19.1 Å². The van der Waals surface area contributed by atoms with Gasteiger partial charge in [0.15, 0.2) is 0 Å². The number of likely N-dealkylation sites (tertiary alicyclic amines) is 1. The monoisotopic (exact) mass is 254 g/mol. The van der Waals surface area contributed by atoms with Crippen molar-refractivity contribution in [1.82, 2.24) is 10.2 Å². The van der Waals surface area contributed by atoms with Gasteiger partial charge in [-0.05, 0) is 44.7 Å². The van der Waals surface area contributed by atoms with E-state index < -0.39 is 0 Å². The van der Waals surface area contributed by atoms with Crippen molar-refractivity contribution in [1.29, 1.82) is 0 Å². The number of amides is 1. The van der Waals surface area contributed by atoms with Crippen LogP contribution in [0.2, 0.25) is 0 Å². The van der Waals surface area contributed by atoms with Crippen LogP contribution in [0.15, 0.2) is 0 Å². The molecule has 0 aromatic heterocycles. The molecule has 4 heteroatoms. The van der Waals surface area contributed by atoms with Crippen molar-refractivity contribution in [2.24, 2.45) is 5.92 Å². The maximum Gasteiger partial charge on any atom is 0.224 e. The van der Waals surface area contributed by atoms with E-state index in [1.165, 1.54) is 0 Å². The molecule has 0 radical (unpaired) electrons. The molecule has 0 saturated carbocycles. The van der Waals surface area contributed by atoms with E-state index in [9.17, 15) is 4.79 Å². The molecule has 2 aliphatic rings. The lowest BCUT2D eigenvalue weighted by Crippen LogP contribution is -2.38. The summed E-state index contributed by atoms with van der Waals surface area (Å²) in [7, 11) is 0. The molecule has 1 N–H and O–H groups in total. The lowest BCUT2D eigenvalue weighted by molar-refractivity contribution is -0.134. The van der Waals surface area contributed by atoms with E-state index in [0.29, 0.717) is 19.1 Å². The molecule has 0 spiro atoms. The van der Waals surface area contributed by atoms with E-state index >= 15 is 0 Å². The molecule has 2 aliphatic heterocycles. The molecule has 0 bridgehead atoms. The molecule has 0 aromatic rings. The Bertz CT molecular complexity index is 257. The van der Waals surface area contributed by atoms with Crippen LogP contribution < -0.4 is 5.32 Å². The number of ether oxygens (including phenoxy) is 1. The highest BCUT2D eigenvalue weighted by atomic mass is 16.5. The van der Waals surface area contributed by atoms with Crippen LogP contribution in [0.4, 0.5) is 0 Å². The first kappa shape index (κ1) is 13.8. The van der Waals surface area contributed by atoms with Crippen molar-refractivity contribution < 1.29 is 9.53 Å². The first-order valence-electron chi connectivity index (χ1n) is 7.36. The minimum absolute atomic E-state index is 0.274. The fourth-order valence-electron chi connectivity index (χ4n) is 2.69. The van der Waals surface area contributed by atoms with Crippen LogP contribution in [0.25, 0.3) is 0 Å². The van der Waals surface area contributed by atoms with Crippen LogP contribution in [-0.2, 0) is 9.53 Å². The predicted molar refractivity (Wildman–Crippen MR) is 71.4 cm³/mol. The number of carbonyl (C=O) groups is 1. The van der Waals surface area contributed by atoms with Gasteiger partial charge in [-0.2, -0.15) is 0 Å². The first-order valence-corrected chi connectivity index (χ1v) is 7.36. The van der Waals surface area contributed by atoms with Gasteiger partial charge >= 0.3 is 0 Å². The average Bonchev–Trinajstić information content (AvgIpc) is 2.40. The molecule has 4 nitrogen and oxygen atoms in total. The number of rotatable bonds is 4. The summed E-state index contributed by atoms with van der Waals surface area (Å²) < 4.78 is 5.78. The summed E-state index contributed by atoms with van der Waals surface area (Å²) in [5.74, 6) is 1.05. The van der Waals surface area contributed by atoms with Crippen molar-refractivity contribution in [2.45, 2.75) is 45.1 Å². The van der Waals surface area contributed by atoms with Gasteiger partial charge in [0, 0.05) is 13.1 Å². The van der Waals surface area contributed by atoms with Gasteiger partial charge in [-0.15, -0.1) is 0 Å². The Morgan fingerprint density at radius 2 is 1.89 bits per heavy atom. The molecule has 0 unspecified atom stereocenters. The zero-order chi connectivity index (χ0) is 12.8. The molecule has 0 aromatic carbocycles. The van der Waals surface area contributed by atoms with Gasteiger partial charge in [0.25, 0.3) is 0 Å². The van der Waals surface area contributed by atoms with Crippen molar-refractivity contribution in [3.63, 3.8) is 0 Å².